The number of unbranched alkanes of at least 4 members (excludes halogenated alkanes) is 1. The van der Waals surface area contributed by atoms with E-state index in [1.54, 1.807) is 0 Å². The molecule has 20 heavy (non-hydrogen) atoms. The second kappa shape index (κ2) is 7.12. The van der Waals surface area contributed by atoms with Crippen LogP contribution in [0.1, 0.15) is 56.1 Å². The molecule has 0 heterocycles. The van der Waals surface area contributed by atoms with E-state index in [4.69, 9.17) is 4.74 Å². The van der Waals surface area contributed by atoms with Crippen molar-refractivity contribution < 1.29 is 10.1 Å². The Morgan fingerprint density at radius 1 is 1.00 bits per heavy atom. The Hall–Kier alpha value is -1.02. The van der Waals surface area contributed by atoms with Crippen LogP contribution in [0.25, 0.3) is 0 Å². The fourth-order valence-corrected chi connectivity index (χ4v) is 3.62. The molecule has 0 unspecified atom stereocenters. The molecule has 1 saturated carbocycles. The summed E-state index contributed by atoms with van der Waals surface area (Å²) in [5.41, 5.74) is 3.04. The molecule has 2 N–H and O–H groups in total. The van der Waals surface area contributed by atoms with E-state index in [1.165, 1.54) is 75.5 Å². The van der Waals surface area contributed by atoms with Crippen molar-refractivity contribution in [3.8, 4) is 5.75 Å². The highest BCUT2D eigenvalue weighted by Crippen LogP contribution is 2.26. The minimum absolute atomic E-state index is 0.872. The highest BCUT2D eigenvalue weighted by atomic mass is 16.5. The van der Waals surface area contributed by atoms with Crippen LogP contribution in [0.15, 0.2) is 18.2 Å². The second-order valence-electron chi connectivity index (χ2n) is 6.41. The average molecular weight is 274 g/mol. The van der Waals surface area contributed by atoms with Crippen LogP contribution in [0.5, 0.6) is 5.75 Å². The van der Waals surface area contributed by atoms with Crippen LogP contribution in [-0.2, 0) is 12.8 Å². The third kappa shape index (κ3) is 3.76. The molecule has 110 valence electrons. The summed E-state index contributed by atoms with van der Waals surface area (Å²) in [7, 11) is 0. The van der Waals surface area contributed by atoms with E-state index in [2.05, 4.69) is 23.5 Å². The van der Waals surface area contributed by atoms with Gasteiger partial charge in [-0.25, -0.2) is 0 Å². The molecule has 3 rings (SSSR count). The van der Waals surface area contributed by atoms with Crippen LogP contribution >= 0.6 is 0 Å². The van der Waals surface area contributed by atoms with Crippen molar-refractivity contribution in [2.24, 2.45) is 0 Å². The molecule has 2 aliphatic rings. The quantitative estimate of drug-likeness (QED) is 0.760. The molecule has 0 bridgehead atoms. The first-order valence-corrected chi connectivity index (χ1v) is 8.50. The van der Waals surface area contributed by atoms with Crippen molar-refractivity contribution in [3.63, 3.8) is 0 Å². The van der Waals surface area contributed by atoms with Gasteiger partial charge in [-0.2, -0.15) is 0 Å². The number of hydrogen-bond acceptors (Lipinski definition) is 1. The number of aryl methyl sites for hydroxylation is 2. The molecular weight excluding hydrogens is 246 g/mol. The number of rotatable bonds is 7. The molecule has 0 saturated heterocycles. The fourth-order valence-electron chi connectivity index (χ4n) is 3.62. The maximum Gasteiger partial charge on any atom is 0.119 e. The Kier molecular flexibility index (Phi) is 4.96. The number of fused-ring (bicyclic) bond motifs is 1. The fraction of sp³-hybridized carbons (Fsp3) is 0.667. The summed E-state index contributed by atoms with van der Waals surface area (Å²) in [6.45, 7) is 2.15. The van der Waals surface area contributed by atoms with Gasteiger partial charge in [0.05, 0.1) is 19.2 Å². The zero-order valence-electron chi connectivity index (χ0n) is 12.6. The largest absolute Gasteiger partial charge is 0.494 e. The molecule has 0 radical (unpaired) electrons. The van der Waals surface area contributed by atoms with Crippen molar-refractivity contribution in [1.82, 2.24) is 0 Å². The topological polar surface area (TPSA) is 25.8 Å². The first kappa shape index (κ1) is 13.9. The van der Waals surface area contributed by atoms with Crippen molar-refractivity contribution >= 4 is 0 Å². The summed E-state index contributed by atoms with van der Waals surface area (Å²) in [5.74, 6) is 1.07. The summed E-state index contributed by atoms with van der Waals surface area (Å²) >= 11 is 0. The van der Waals surface area contributed by atoms with Gasteiger partial charge in [-0.15, -0.1) is 0 Å². The van der Waals surface area contributed by atoms with Crippen LogP contribution < -0.4 is 10.1 Å². The second-order valence-corrected chi connectivity index (χ2v) is 6.41. The Morgan fingerprint density at radius 2 is 1.85 bits per heavy atom. The molecule has 0 amide bonds. The maximum absolute atomic E-state index is 5.89. The van der Waals surface area contributed by atoms with Crippen molar-refractivity contribution in [2.45, 2.75) is 63.8 Å². The van der Waals surface area contributed by atoms with Gasteiger partial charge in [0.2, 0.25) is 0 Å². The maximum atomic E-state index is 5.89. The molecule has 1 aromatic rings. The number of ether oxygens (including phenoxy) is 1. The average Bonchev–Trinajstić information content (AvgIpc) is 3.13. The summed E-state index contributed by atoms with van der Waals surface area (Å²) < 4.78 is 5.89. The predicted molar refractivity (Wildman–Crippen MR) is 82.2 cm³/mol. The lowest BCUT2D eigenvalue weighted by Crippen LogP contribution is -2.89. The van der Waals surface area contributed by atoms with Crippen molar-refractivity contribution in [1.29, 1.82) is 0 Å². The third-order valence-corrected chi connectivity index (χ3v) is 4.84. The van der Waals surface area contributed by atoms with E-state index in [0.29, 0.717) is 0 Å². The normalized spacial score (nSPS) is 18.4. The van der Waals surface area contributed by atoms with Gasteiger partial charge < -0.3 is 10.1 Å². The van der Waals surface area contributed by atoms with Gasteiger partial charge in [-0.05, 0) is 81.0 Å². The van der Waals surface area contributed by atoms with E-state index in [-0.39, 0.29) is 0 Å². The lowest BCUT2D eigenvalue weighted by molar-refractivity contribution is -0.688. The van der Waals surface area contributed by atoms with Crippen LogP contribution in [-0.4, -0.2) is 19.2 Å². The Balaban J connectivity index is 1.29. The van der Waals surface area contributed by atoms with Crippen molar-refractivity contribution in [2.75, 3.05) is 13.2 Å². The van der Waals surface area contributed by atoms with Gasteiger partial charge in [-0.3, -0.25) is 0 Å². The van der Waals surface area contributed by atoms with Crippen LogP contribution in [0.4, 0.5) is 0 Å². The first-order chi connectivity index (χ1) is 9.92. The minimum atomic E-state index is 0.872. The highest BCUT2D eigenvalue weighted by Gasteiger charge is 2.16. The summed E-state index contributed by atoms with van der Waals surface area (Å²) in [6, 6.07) is 7.58. The summed E-state index contributed by atoms with van der Waals surface area (Å²) in [5, 5.41) is 2.56. The Morgan fingerprint density at radius 3 is 2.75 bits per heavy atom. The van der Waals surface area contributed by atoms with E-state index < -0.39 is 0 Å². The molecule has 0 spiro atoms. The van der Waals surface area contributed by atoms with Gasteiger partial charge in [0, 0.05) is 0 Å². The van der Waals surface area contributed by atoms with Gasteiger partial charge in [0.25, 0.3) is 0 Å². The molecule has 2 aliphatic carbocycles. The molecule has 0 aliphatic heterocycles. The standard InChI is InChI=1S/C18H27NO/c1-2-9-17(8-1)19-12-3-4-13-20-18-11-10-15-6-5-7-16(15)14-18/h10-11,14,17,19H,1-9,12-13H2/p+1. The molecule has 2 nitrogen and oxygen atoms in total. The smallest absolute Gasteiger partial charge is 0.119 e. The molecular formula is C18H28NO+. The monoisotopic (exact) mass is 274 g/mol. The van der Waals surface area contributed by atoms with Crippen molar-refractivity contribution in [3.05, 3.63) is 29.3 Å². The first-order valence-electron chi connectivity index (χ1n) is 8.50. The zero-order valence-corrected chi connectivity index (χ0v) is 12.6. The summed E-state index contributed by atoms with van der Waals surface area (Å²) in [6.07, 6.45) is 12.0. The number of hydrogen-bond donors (Lipinski definition) is 1. The molecule has 2 heteroatoms. The third-order valence-electron chi connectivity index (χ3n) is 4.84. The van der Waals surface area contributed by atoms with Crippen LogP contribution in [0.2, 0.25) is 0 Å². The van der Waals surface area contributed by atoms with Crippen LogP contribution in [0.3, 0.4) is 0 Å². The molecule has 1 aromatic carbocycles. The lowest BCUT2D eigenvalue weighted by atomic mass is 10.1. The Labute approximate surface area is 122 Å². The SMILES string of the molecule is c1cc2c(cc1OCCCC[NH2+]C1CCCC1)CCC2. The minimum Gasteiger partial charge on any atom is -0.494 e. The van der Waals surface area contributed by atoms with Crippen LogP contribution in [0, 0.1) is 0 Å². The van der Waals surface area contributed by atoms with Gasteiger partial charge in [0.1, 0.15) is 5.75 Å². The van der Waals surface area contributed by atoms with Gasteiger partial charge in [-0.1, -0.05) is 6.07 Å². The van der Waals surface area contributed by atoms with E-state index in [9.17, 15) is 0 Å². The molecule has 0 aromatic heterocycles. The number of nitrogens with two attached hydrogens (primary N) is 1. The zero-order chi connectivity index (χ0) is 13.6. The van der Waals surface area contributed by atoms with E-state index in [0.717, 1.165) is 18.4 Å². The Bertz CT molecular complexity index is 423. The molecule has 0 atom stereocenters. The van der Waals surface area contributed by atoms with Gasteiger partial charge >= 0.3 is 0 Å². The van der Waals surface area contributed by atoms with E-state index >= 15 is 0 Å². The molecule has 1 fully saturated rings. The number of quaternary nitrogens is 1. The summed E-state index contributed by atoms with van der Waals surface area (Å²) in [4.78, 5) is 0. The lowest BCUT2D eigenvalue weighted by Gasteiger charge is -2.09. The highest BCUT2D eigenvalue weighted by molar-refractivity contribution is 5.38. The van der Waals surface area contributed by atoms with Gasteiger partial charge in [0.15, 0.2) is 0 Å². The predicted octanol–water partition coefficient (Wildman–Crippen LogP) is 2.84. The van der Waals surface area contributed by atoms with E-state index in [1.807, 2.05) is 0 Å². The number of benzene rings is 1.